The summed E-state index contributed by atoms with van der Waals surface area (Å²) in [5, 5.41) is 2.65. The molecular formula is C12H12ClN3S2. The number of thiocarbonyl (C=S) groups is 1. The lowest BCUT2D eigenvalue weighted by Gasteiger charge is -2.21. The van der Waals surface area contributed by atoms with Crippen LogP contribution in [0.25, 0.3) is 0 Å². The molecule has 0 saturated heterocycles. The van der Waals surface area contributed by atoms with Gasteiger partial charge in [0.05, 0.1) is 17.7 Å². The van der Waals surface area contributed by atoms with Gasteiger partial charge in [0.15, 0.2) is 0 Å². The van der Waals surface area contributed by atoms with E-state index < -0.39 is 0 Å². The summed E-state index contributed by atoms with van der Waals surface area (Å²) in [6.07, 6.45) is 0. The third kappa shape index (κ3) is 2.98. The average Bonchev–Trinajstić information content (AvgIpc) is 2.81. The first-order valence-corrected chi connectivity index (χ1v) is 6.98. The highest BCUT2D eigenvalue weighted by molar-refractivity contribution is 7.80. The molecule has 3 nitrogen and oxygen atoms in total. The summed E-state index contributed by atoms with van der Waals surface area (Å²) in [5.74, 6) is 0. The molecule has 1 aromatic carbocycles. The molecule has 0 spiro atoms. The second kappa shape index (κ2) is 5.65. The number of nitrogens with zero attached hydrogens (tertiary/aromatic N) is 2. The van der Waals surface area contributed by atoms with Crippen molar-refractivity contribution in [3.8, 4) is 0 Å². The molecule has 0 unspecified atom stereocenters. The number of hydrogen-bond acceptors (Lipinski definition) is 4. The third-order valence-electron chi connectivity index (χ3n) is 2.52. The van der Waals surface area contributed by atoms with Gasteiger partial charge in [-0.25, -0.2) is 4.98 Å². The zero-order valence-electron chi connectivity index (χ0n) is 9.76. The Labute approximate surface area is 120 Å². The van der Waals surface area contributed by atoms with E-state index in [4.69, 9.17) is 29.6 Å². The average molecular weight is 298 g/mol. The number of anilines is 1. The Morgan fingerprint density at radius 3 is 2.94 bits per heavy atom. The van der Waals surface area contributed by atoms with Gasteiger partial charge in [-0.1, -0.05) is 23.8 Å². The van der Waals surface area contributed by atoms with Crippen molar-refractivity contribution in [3.63, 3.8) is 0 Å². The number of nitrogens with two attached hydrogens (primary N) is 1. The highest BCUT2D eigenvalue weighted by Gasteiger charge is 2.11. The third-order valence-corrected chi connectivity index (χ3v) is 3.61. The molecule has 0 atom stereocenters. The Kier molecular flexibility index (Phi) is 4.16. The molecular weight excluding hydrogens is 286 g/mol. The Balaban J connectivity index is 2.29. The molecule has 0 aliphatic heterocycles. The van der Waals surface area contributed by atoms with E-state index >= 15 is 0 Å². The molecule has 1 aromatic heterocycles. The summed E-state index contributed by atoms with van der Waals surface area (Å²) in [6, 6.07) is 5.54. The summed E-state index contributed by atoms with van der Waals surface area (Å²) < 4.78 is 0. The fourth-order valence-corrected chi connectivity index (χ4v) is 2.57. The molecule has 0 aliphatic carbocycles. The summed E-state index contributed by atoms with van der Waals surface area (Å²) >= 11 is 12.6. The van der Waals surface area contributed by atoms with Crippen molar-refractivity contribution in [2.24, 2.45) is 5.73 Å². The number of halogens is 1. The topological polar surface area (TPSA) is 42.2 Å². The Hall–Kier alpha value is -1.17. The summed E-state index contributed by atoms with van der Waals surface area (Å²) in [5.41, 5.74) is 10.3. The molecule has 0 radical (unpaired) electrons. The normalized spacial score (nSPS) is 10.3. The van der Waals surface area contributed by atoms with Crippen molar-refractivity contribution in [3.05, 3.63) is 45.4 Å². The van der Waals surface area contributed by atoms with Crippen LogP contribution in [0, 0.1) is 0 Å². The molecule has 2 N–H and O–H groups in total. The minimum atomic E-state index is 0.345. The van der Waals surface area contributed by atoms with Crippen molar-refractivity contribution >= 4 is 45.8 Å². The van der Waals surface area contributed by atoms with Gasteiger partial charge in [0.1, 0.15) is 4.99 Å². The van der Waals surface area contributed by atoms with Gasteiger partial charge in [-0.15, -0.1) is 11.3 Å². The SMILES string of the molecule is CN(Cc1cscn1)c1ccc(Cl)cc1C(N)=S. The van der Waals surface area contributed by atoms with Crippen LogP contribution in [0.3, 0.4) is 0 Å². The first-order valence-electron chi connectivity index (χ1n) is 5.25. The highest BCUT2D eigenvalue weighted by atomic mass is 35.5. The molecule has 1 heterocycles. The maximum absolute atomic E-state index is 5.96. The Morgan fingerprint density at radius 2 is 2.33 bits per heavy atom. The molecule has 2 rings (SSSR count). The number of hydrogen-bond donors (Lipinski definition) is 1. The van der Waals surface area contributed by atoms with Crippen molar-refractivity contribution in [2.45, 2.75) is 6.54 Å². The van der Waals surface area contributed by atoms with E-state index in [1.165, 1.54) is 0 Å². The summed E-state index contributed by atoms with van der Waals surface area (Å²) in [7, 11) is 1.98. The van der Waals surface area contributed by atoms with E-state index in [2.05, 4.69) is 9.88 Å². The Morgan fingerprint density at radius 1 is 1.56 bits per heavy atom. The van der Waals surface area contributed by atoms with Crippen molar-refractivity contribution < 1.29 is 0 Å². The fraction of sp³-hybridized carbons (Fsp3) is 0.167. The van der Waals surface area contributed by atoms with E-state index in [1.54, 1.807) is 17.4 Å². The van der Waals surface area contributed by atoms with E-state index in [9.17, 15) is 0 Å². The van der Waals surface area contributed by atoms with Gasteiger partial charge < -0.3 is 10.6 Å². The van der Waals surface area contributed by atoms with Crippen LogP contribution in [0.2, 0.25) is 5.02 Å². The first kappa shape index (κ1) is 13.3. The van der Waals surface area contributed by atoms with Crippen LogP contribution in [0.1, 0.15) is 11.3 Å². The van der Waals surface area contributed by atoms with E-state index in [0.717, 1.165) is 16.9 Å². The van der Waals surface area contributed by atoms with Crippen LogP contribution in [0.5, 0.6) is 0 Å². The lowest BCUT2D eigenvalue weighted by molar-refractivity contribution is 0.894. The van der Waals surface area contributed by atoms with Crippen LogP contribution in [-0.2, 0) is 6.54 Å². The molecule has 0 saturated carbocycles. The summed E-state index contributed by atoms with van der Waals surface area (Å²) in [4.78, 5) is 6.66. The summed E-state index contributed by atoms with van der Waals surface area (Å²) in [6.45, 7) is 0.709. The Bertz CT molecular complexity index is 554. The zero-order valence-corrected chi connectivity index (χ0v) is 12.1. The molecule has 2 aromatic rings. The predicted octanol–water partition coefficient (Wildman–Crippen LogP) is 3.07. The lowest BCUT2D eigenvalue weighted by Crippen LogP contribution is -2.21. The standard InChI is InChI=1S/C12H12ClN3S2/c1-16(5-9-6-18-7-15-9)11-3-2-8(13)4-10(11)12(14)17/h2-4,6-7H,5H2,1H3,(H2,14,17). The molecule has 6 heteroatoms. The molecule has 0 fully saturated rings. The highest BCUT2D eigenvalue weighted by Crippen LogP contribution is 2.24. The van der Waals surface area contributed by atoms with Crippen molar-refractivity contribution in [2.75, 3.05) is 11.9 Å². The number of thiazole rings is 1. The minimum absolute atomic E-state index is 0.345. The monoisotopic (exact) mass is 297 g/mol. The van der Waals surface area contributed by atoms with E-state index in [0.29, 0.717) is 16.6 Å². The van der Waals surface area contributed by atoms with Crippen LogP contribution in [0.15, 0.2) is 29.1 Å². The van der Waals surface area contributed by atoms with Gasteiger partial charge in [0, 0.05) is 28.7 Å². The molecule has 0 amide bonds. The van der Waals surface area contributed by atoms with Crippen LogP contribution >= 0.6 is 35.2 Å². The van der Waals surface area contributed by atoms with Gasteiger partial charge in [0.25, 0.3) is 0 Å². The first-order chi connectivity index (χ1) is 8.58. The van der Waals surface area contributed by atoms with Crippen LogP contribution in [-0.4, -0.2) is 17.0 Å². The van der Waals surface area contributed by atoms with Crippen LogP contribution in [0.4, 0.5) is 5.69 Å². The second-order valence-electron chi connectivity index (χ2n) is 3.86. The van der Waals surface area contributed by atoms with Crippen molar-refractivity contribution in [1.29, 1.82) is 0 Å². The van der Waals surface area contributed by atoms with E-state index in [-0.39, 0.29) is 0 Å². The molecule has 0 aliphatic rings. The molecule has 94 valence electrons. The quantitative estimate of drug-likeness (QED) is 0.881. The maximum Gasteiger partial charge on any atom is 0.106 e. The van der Waals surface area contributed by atoms with E-state index in [1.807, 2.05) is 30.1 Å². The number of rotatable bonds is 4. The smallest absolute Gasteiger partial charge is 0.106 e. The lowest BCUT2D eigenvalue weighted by atomic mass is 10.1. The second-order valence-corrected chi connectivity index (χ2v) is 5.46. The van der Waals surface area contributed by atoms with Crippen LogP contribution < -0.4 is 10.6 Å². The van der Waals surface area contributed by atoms with Crippen molar-refractivity contribution in [1.82, 2.24) is 4.98 Å². The van der Waals surface area contributed by atoms with Gasteiger partial charge in [-0.3, -0.25) is 0 Å². The van der Waals surface area contributed by atoms with Gasteiger partial charge in [0.2, 0.25) is 0 Å². The number of aromatic nitrogens is 1. The van der Waals surface area contributed by atoms with Gasteiger partial charge in [-0.2, -0.15) is 0 Å². The predicted molar refractivity (Wildman–Crippen MR) is 81.6 cm³/mol. The minimum Gasteiger partial charge on any atom is -0.389 e. The van der Waals surface area contributed by atoms with Gasteiger partial charge >= 0.3 is 0 Å². The largest absolute Gasteiger partial charge is 0.389 e. The molecule has 0 bridgehead atoms. The van der Waals surface area contributed by atoms with Gasteiger partial charge in [-0.05, 0) is 18.2 Å². The fourth-order valence-electron chi connectivity index (χ4n) is 1.68. The number of benzene rings is 1. The molecule has 18 heavy (non-hydrogen) atoms. The maximum atomic E-state index is 5.96. The zero-order chi connectivity index (χ0) is 13.1.